The van der Waals surface area contributed by atoms with Crippen LogP contribution in [0.15, 0.2) is 18.2 Å². The third-order valence-corrected chi connectivity index (χ3v) is 7.20. The van der Waals surface area contributed by atoms with Gasteiger partial charge in [0.1, 0.15) is 0 Å². The van der Waals surface area contributed by atoms with Gasteiger partial charge in [0, 0.05) is 43.4 Å². The number of hydrogen-bond acceptors (Lipinski definition) is 5. The van der Waals surface area contributed by atoms with Gasteiger partial charge in [0.25, 0.3) is 0 Å². The molecule has 2 aliphatic rings. The van der Waals surface area contributed by atoms with Crippen LogP contribution in [0.3, 0.4) is 0 Å². The van der Waals surface area contributed by atoms with Crippen LogP contribution in [-0.4, -0.2) is 54.9 Å². The van der Waals surface area contributed by atoms with Crippen LogP contribution in [0.2, 0.25) is 0 Å². The van der Waals surface area contributed by atoms with Crippen LogP contribution in [0.1, 0.15) is 76.8 Å². The van der Waals surface area contributed by atoms with E-state index in [1.165, 1.54) is 42.5 Å². The molecule has 0 radical (unpaired) electrons. The van der Waals surface area contributed by atoms with E-state index in [9.17, 15) is 4.79 Å². The molecule has 1 heterocycles. The largest absolute Gasteiger partial charge is 0.466 e. The zero-order valence-corrected chi connectivity index (χ0v) is 20.0. The number of nitrogens with zero attached hydrogens (tertiary/aromatic N) is 1. The number of benzene rings is 1. The first-order valence-corrected chi connectivity index (χ1v) is 12.3. The number of carbonyl (C=O) groups is 1. The first kappa shape index (κ1) is 24.1. The van der Waals surface area contributed by atoms with Crippen LogP contribution in [0, 0.1) is 6.92 Å². The highest BCUT2D eigenvalue weighted by molar-refractivity contribution is 5.70. The van der Waals surface area contributed by atoms with Crippen LogP contribution >= 0.6 is 0 Å². The fourth-order valence-corrected chi connectivity index (χ4v) is 5.23. The van der Waals surface area contributed by atoms with Crippen molar-refractivity contribution in [1.82, 2.24) is 4.90 Å². The van der Waals surface area contributed by atoms with Gasteiger partial charge >= 0.3 is 5.97 Å². The molecule has 1 aromatic rings. The summed E-state index contributed by atoms with van der Waals surface area (Å²) in [6.07, 6.45) is 8.81. The number of likely N-dealkylation sites (tertiary alicyclic amines) is 1. The second-order valence-corrected chi connectivity index (χ2v) is 9.52. The van der Waals surface area contributed by atoms with Gasteiger partial charge in [0.15, 0.2) is 0 Å². The quantitative estimate of drug-likeness (QED) is 0.552. The molecule has 5 heteroatoms. The summed E-state index contributed by atoms with van der Waals surface area (Å²) in [4.78, 5) is 14.5. The van der Waals surface area contributed by atoms with E-state index in [1.54, 1.807) is 0 Å². The van der Waals surface area contributed by atoms with Gasteiger partial charge in [0.2, 0.25) is 0 Å². The number of hydrogen-bond donors (Lipinski definition) is 1. The topological polar surface area (TPSA) is 50.8 Å². The van der Waals surface area contributed by atoms with Crippen LogP contribution in [0.4, 0.5) is 5.69 Å². The van der Waals surface area contributed by atoms with Gasteiger partial charge < -0.3 is 14.8 Å². The monoisotopic (exact) mass is 430 g/mol. The summed E-state index contributed by atoms with van der Waals surface area (Å²) in [7, 11) is 0. The Hall–Kier alpha value is -1.59. The standard InChI is InChI=1S/C26H42N2O3/c1-5-30-23-11-15-26(4,16-12-23)28-17-13-22(14-18-28)27-24-19-20(3)7-8-21(24)9-10-25(29)31-6-2/h7-8,19,22-23,27H,5-6,9-18H2,1-4H3/t23-,26-. The number of carbonyl (C=O) groups excluding carboxylic acids is 1. The summed E-state index contributed by atoms with van der Waals surface area (Å²) in [5.41, 5.74) is 3.97. The van der Waals surface area contributed by atoms with Crippen molar-refractivity contribution in [1.29, 1.82) is 0 Å². The third kappa shape index (κ3) is 6.69. The fourth-order valence-electron chi connectivity index (χ4n) is 5.23. The molecule has 1 aliphatic heterocycles. The zero-order valence-electron chi connectivity index (χ0n) is 20.0. The minimum atomic E-state index is -0.116. The molecule has 1 aliphatic carbocycles. The van der Waals surface area contributed by atoms with E-state index in [-0.39, 0.29) is 5.97 Å². The van der Waals surface area contributed by atoms with Crippen LogP contribution in [0.5, 0.6) is 0 Å². The Balaban J connectivity index is 1.53. The second-order valence-electron chi connectivity index (χ2n) is 9.52. The predicted octanol–water partition coefficient (Wildman–Crippen LogP) is 5.10. The molecule has 1 aromatic carbocycles. The second kappa shape index (κ2) is 11.3. The molecule has 174 valence electrons. The number of esters is 1. The number of ether oxygens (including phenoxy) is 2. The van der Waals surface area contributed by atoms with Crippen molar-refractivity contribution >= 4 is 11.7 Å². The van der Waals surface area contributed by atoms with E-state index in [2.05, 4.69) is 49.2 Å². The summed E-state index contributed by atoms with van der Waals surface area (Å²) >= 11 is 0. The molecule has 0 unspecified atom stereocenters. The molecule has 5 nitrogen and oxygen atoms in total. The number of rotatable bonds is 9. The molecule has 1 saturated heterocycles. The molecular weight excluding hydrogens is 388 g/mol. The molecule has 0 bridgehead atoms. The van der Waals surface area contributed by atoms with Crippen molar-refractivity contribution in [2.45, 2.75) is 96.7 Å². The van der Waals surface area contributed by atoms with Crippen molar-refractivity contribution in [3.05, 3.63) is 29.3 Å². The predicted molar refractivity (Wildman–Crippen MR) is 127 cm³/mol. The number of anilines is 1. The van der Waals surface area contributed by atoms with Gasteiger partial charge in [0.05, 0.1) is 12.7 Å². The maximum Gasteiger partial charge on any atom is 0.306 e. The molecule has 0 atom stereocenters. The third-order valence-electron chi connectivity index (χ3n) is 7.20. The Morgan fingerprint density at radius 1 is 1.13 bits per heavy atom. The smallest absolute Gasteiger partial charge is 0.306 e. The van der Waals surface area contributed by atoms with Crippen molar-refractivity contribution in [3.63, 3.8) is 0 Å². The Kier molecular flexibility index (Phi) is 8.79. The first-order chi connectivity index (χ1) is 14.9. The molecule has 0 aromatic heterocycles. The molecule has 31 heavy (non-hydrogen) atoms. The Morgan fingerprint density at radius 3 is 2.48 bits per heavy atom. The summed E-state index contributed by atoms with van der Waals surface area (Å²) in [6.45, 7) is 12.1. The molecular formula is C26H42N2O3. The molecule has 2 fully saturated rings. The summed E-state index contributed by atoms with van der Waals surface area (Å²) in [5.74, 6) is -0.116. The van der Waals surface area contributed by atoms with Gasteiger partial charge in [-0.25, -0.2) is 0 Å². The Labute approximate surface area is 188 Å². The van der Waals surface area contributed by atoms with Crippen molar-refractivity contribution in [2.24, 2.45) is 0 Å². The van der Waals surface area contributed by atoms with E-state index in [1.807, 2.05) is 6.92 Å². The maximum absolute atomic E-state index is 11.8. The highest BCUT2D eigenvalue weighted by Gasteiger charge is 2.38. The van der Waals surface area contributed by atoms with Crippen LogP contribution in [0.25, 0.3) is 0 Å². The number of piperidine rings is 1. The van der Waals surface area contributed by atoms with E-state index < -0.39 is 0 Å². The lowest BCUT2D eigenvalue weighted by Gasteiger charge is -2.48. The van der Waals surface area contributed by atoms with Gasteiger partial charge in [-0.3, -0.25) is 9.69 Å². The highest BCUT2D eigenvalue weighted by Crippen LogP contribution is 2.36. The van der Waals surface area contributed by atoms with Crippen LogP contribution < -0.4 is 5.32 Å². The van der Waals surface area contributed by atoms with Crippen molar-refractivity contribution in [2.75, 3.05) is 31.6 Å². The molecule has 1 N–H and O–H groups in total. The van der Waals surface area contributed by atoms with Gasteiger partial charge in [-0.15, -0.1) is 0 Å². The summed E-state index contributed by atoms with van der Waals surface area (Å²) in [6, 6.07) is 7.00. The molecule has 0 spiro atoms. The first-order valence-electron chi connectivity index (χ1n) is 12.3. The summed E-state index contributed by atoms with van der Waals surface area (Å²) < 4.78 is 11.0. The minimum absolute atomic E-state index is 0.116. The van der Waals surface area contributed by atoms with E-state index in [0.29, 0.717) is 30.7 Å². The Bertz CT molecular complexity index is 705. The highest BCUT2D eigenvalue weighted by atomic mass is 16.5. The SMILES string of the molecule is CCOC(=O)CCc1ccc(C)cc1NC1CCN([C@]2(C)CC[C@@H](OCC)CC2)CC1. The lowest BCUT2D eigenvalue weighted by molar-refractivity contribution is -0.143. The van der Waals surface area contributed by atoms with E-state index >= 15 is 0 Å². The number of aryl methyl sites for hydroxylation is 2. The van der Waals surface area contributed by atoms with Gasteiger partial charge in [-0.2, -0.15) is 0 Å². The number of nitrogens with one attached hydrogen (secondary N) is 1. The Morgan fingerprint density at radius 2 is 1.84 bits per heavy atom. The lowest BCUT2D eigenvalue weighted by Crippen LogP contribution is -2.53. The normalized spacial score (nSPS) is 25.4. The van der Waals surface area contributed by atoms with Gasteiger partial charge in [-0.1, -0.05) is 12.1 Å². The van der Waals surface area contributed by atoms with E-state index in [4.69, 9.17) is 9.47 Å². The van der Waals surface area contributed by atoms with Crippen molar-refractivity contribution in [3.8, 4) is 0 Å². The van der Waals surface area contributed by atoms with Gasteiger partial charge in [-0.05, 0) is 89.8 Å². The van der Waals surface area contributed by atoms with E-state index in [0.717, 1.165) is 39.0 Å². The minimum Gasteiger partial charge on any atom is -0.466 e. The zero-order chi connectivity index (χ0) is 22.3. The van der Waals surface area contributed by atoms with Crippen molar-refractivity contribution < 1.29 is 14.3 Å². The molecule has 1 saturated carbocycles. The molecule has 3 rings (SSSR count). The fraction of sp³-hybridized carbons (Fsp3) is 0.731. The average molecular weight is 431 g/mol. The maximum atomic E-state index is 11.8. The average Bonchev–Trinajstić information content (AvgIpc) is 2.76. The lowest BCUT2D eigenvalue weighted by atomic mass is 9.79. The summed E-state index contributed by atoms with van der Waals surface area (Å²) in [5, 5.41) is 3.81. The van der Waals surface area contributed by atoms with Crippen LogP contribution in [-0.2, 0) is 20.7 Å². The molecule has 0 amide bonds.